The van der Waals surface area contributed by atoms with Crippen molar-refractivity contribution in [3.63, 3.8) is 0 Å². The number of ether oxygens (including phenoxy) is 1. The van der Waals surface area contributed by atoms with Gasteiger partial charge in [-0.25, -0.2) is 4.79 Å². The summed E-state index contributed by atoms with van der Waals surface area (Å²) in [6, 6.07) is 17.8. The third-order valence-corrected chi connectivity index (χ3v) is 6.27. The SMILES string of the molecule is CN(Cc1ccc(N2CCOCC2)cc1)C(=O)C1CCN(C(=O)Nc2ccccc2)CC1. The minimum absolute atomic E-state index is 0.0339. The van der Waals surface area contributed by atoms with Gasteiger partial charge in [-0.05, 0) is 42.7 Å². The molecule has 0 atom stereocenters. The Labute approximate surface area is 189 Å². The molecule has 1 N–H and O–H groups in total. The Hall–Kier alpha value is -3.06. The zero-order valence-electron chi connectivity index (χ0n) is 18.7. The zero-order valence-corrected chi connectivity index (χ0v) is 18.7. The molecule has 0 spiro atoms. The maximum atomic E-state index is 13.0. The molecule has 2 aliphatic heterocycles. The van der Waals surface area contributed by atoms with Gasteiger partial charge in [-0.3, -0.25) is 4.79 Å². The topological polar surface area (TPSA) is 65.1 Å². The summed E-state index contributed by atoms with van der Waals surface area (Å²) in [6.45, 7) is 5.16. The van der Waals surface area contributed by atoms with E-state index in [1.54, 1.807) is 4.90 Å². The van der Waals surface area contributed by atoms with Crippen molar-refractivity contribution in [2.24, 2.45) is 5.92 Å². The van der Waals surface area contributed by atoms with Crippen LogP contribution in [0.4, 0.5) is 16.2 Å². The second-order valence-electron chi connectivity index (χ2n) is 8.52. The fourth-order valence-corrected chi connectivity index (χ4v) is 4.35. The number of morpholine rings is 1. The van der Waals surface area contributed by atoms with Gasteiger partial charge < -0.3 is 24.8 Å². The first-order valence-electron chi connectivity index (χ1n) is 11.4. The van der Waals surface area contributed by atoms with Crippen LogP contribution in [0.1, 0.15) is 18.4 Å². The van der Waals surface area contributed by atoms with E-state index in [2.05, 4.69) is 34.5 Å². The molecule has 2 aromatic carbocycles. The first-order chi connectivity index (χ1) is 15.6. The molecular formula is C25H32N4O3. The average molecular weight is 437 g/mol. The molecule has 2 aliphatic rings. The van der Waals surface area contributed by atoms with Gasteiger partial charge >= 0.3 is 6.03 Å². The minimum Gasteiger partial charge on any atom is -0.378 e. The Morgan fingerprint density at radius 1 is 0.969 bits per heavy atom. The quantitative estimate of drug-likeness (QED) is 0.780. The molecule has 170 valence electrons. The Kier molecular flexibility index (Phi) is 7.27. The van der Waals surface area contributed by atoms with Crippen LogP contribution in [0.3, 0.4) is 0 Å². The number of likely N-dealkylation sites (tertiary alicyclic amines) is 1. The maximum absolute atomic E-state index is 13.0. The number of carbonyl (C=O) groups is 2. The molecule has 7 heteroatoms. The lowest BCUT2D eigenvalue weighted by atomic mass is 9.95. The molecule has 3 amide bonds. The average Bonchev–Trinajstić information content (AvgIpc) is 2.85. The lowest BCUT2D eigenvalue weighted by Gasteiger charge is -2.33. The molecule has 0 aliphatic carbocycles. The largest absolute Gasteiger partial charge is 0.378 e. The van der Waals surface area contributed by atoms with Gasteiger partial charge in [-0.1, -0.05) is 30.3 Å². The van der Waals surface area contributed by atoms with E-state index in [1.165, 1.54) is 5.69 Å². The number of para-hydroxylation sites is 1. The summed E-state index contributed by atoms with van der Waals surface area (Å²) in [5.41, 5.74) is 3.11. The van der Waals surface area contributed by atoms with Crippen molar-refractivity contribution >= 4 is 23.3 Å². The van der Waals surface area contributed by atoms with Crippen LogP contribution in [-0.2, 0) is 16.1 Å². The molecule has 0 unspecified atom stereocenters. The first kappa shape index (κ1) is 22.1. The predicted molar refractivity (Wildman–Crippen MR) is 126 cm³/mol. The molecular weight excluding hydrogens is 404 g/mol. The van der Waals surface area contributed by atoms with Crippen LogP contribution >= 0.6 is 0 Å². The first-order valence-corrected chi connectivity index (χ1v) is 11.4. The van der Waals surface area contributed by atoms with Crippen LogP contribution in [-0.4, -0.2) is 68.2 Å². The second-order valence-corrected chi connectivity index (χ2v) is 8.52. The smallest absolute Gasteiger partial charge is 0.321 e. The van der Waals surface area contributed by atoms with Gasteiger partial charge in [0.05, 0.1) is 13.2 Å². The Morgan fingerprint density at radius 3 is 2.28 bits per heavy atom. The van der Waals surface area contributed by atoms with E-state index >= 15 is 0 Å². The number of hydrogen-bond acceptors (Lipinski definition) is 4. The molecule has 32 heavy (non-hydrogen) atoms. The zero-order chi connectivity index (χ0) is 22.3. The number of hydrogen-bond donors (Lipinski definition) is 1. The molecule has 2 aromatic rings. The van der Waals surface area contributed by atoms with Crippen molar-refractivity contribution in [1.82, 2.24) is 9.80 Å². The van der Waals surface area contributed by atoms with E-state index in [0.29, 0.717) is 32.5 Å². The van der Waals surface area contributed by atoms with Gasteiger partial charge in [0.25, 0.3) is 0 Å². The fraction of sp³-hybridized carbons (Fsp3) is 0.440. The van der Waals surface area contributed by atoms with Crippen molar-refractivity contribution in [2.45, 2.75) is 19.4 Å². The second kappa shape index (κ2) is 10.5. The molecule has 0 bridgehead atoms. The monoisotopic (exact) mass is 436 g/mol. The van der Waals surface area contributed by atoms with Gasteiger partial charge in [0.1, 0.15) is 0 Å². The summed E-state index contributed by atoms with van der Waals surface area (Å²) in [5, 5.41) is 2.92. The lowest BCUT2D eigenvalue weighted by Crippen LogP contribution is -2.44. The van der Waals surface area contributed by atoms with Crippen LogP contribution in [0.2, 0.25) is 0 Å². The highest BCUT2D eigenvalue weighted by molar-refractivity contribution is 5.89. The normalized spacial score (nSPS) is 17.2. The fourth-order valence-electron chi connectivity index (χ4n) is 4.35. The Balaban J connectivity index is 1.24. The standard InChI is InChI=1S/C25H32N4O3/c1-27(19-20-7-9-23(10-8-20)28-15-17-32-18-16-28)24(30)21-11-13-29(14-12-21)25(31)26-22-5-3-2-4-6-22/h2-10,21H,11-19H2,1H3,(H,26,31). The van der Waals surface area contributed by atoms with Crippen molar-refractivity contribution < 1.29 is 14.3 Å². The molecule has 4 rings (SSSR count). The van der Waals surface area contributed by atoms with Gasteiger partial charge in [-0.15, -0.1) is 0 Å². The van der Waals surface area contributed by atoms with Crippen LogP contribution in [0, 0.1) is 5.92 Å². The van der Waals surface area contributed by atoms with Crippen molar-refractivity contribution in [3.8, 4) is 0 Å². The van der Waals surface area contributed by atoms with E-state index in [1.807, 2.05) is 42.3 Å². The van der Waals surface area contributed by atoms with Gasteiger partial charge in [0.15, 0.2) is 0 Å². The third-order valence-electron chi connectivity index (χ3n) is 6.27. The van der Waals surface area contributed by atoms with E-state index < -0.39 is 0 Å². The van der Waals surface area contributed by atoms with Gasteiger partial charge in [0.2, 0.25) is 5.91 Å². The van der Waals surface area contributed by atoms with Crippen LogP contribution in [0.5, 0.6) is 0 Å². The number of nitrogens with one attached hydrogen (secondary N) is 1. The maximum Gasteiger partial charge on any atom is 0.321 e. The molecule has 0 radical (unpaired) electrons. The van der Waals surface area contributed by atoms with Crippen LogP contribution in [0.15, 0.2) is 54.6 Å². The highest BCUT2D eigenvalue weighted by Crippen LogP contribution is 2.22. The summed E-state index contributed by atoms with van der Waals surface area (Å²) in [6.07, 6.45) is 1.39. The summed E-state index contributed by atoms with van der Waals surface area (Å²) < 4.78 is 5.42. The van der Waals surface area contributed by atoms with E-state index in [0.717, 1.165) is 37.6 Å². The summed E-state index contributed by atoms with van der Waals surface area (Å²) in [5.74, 6) is 0.124. The van der Waals surface area contributed by atoms with Gasteiger partial charge in [0, 0.05) is 57.1 Å². The predicted octanol–water partition coefficient (Wildman–Crippen LogP) is 3.43. The van der Waals surface area contributed by atoms with Gasteiger partial charge in [-0.2, -0.15) is 0 Å². The number of nitrogens with zero attached hydrogens (tertiary/aromatic N) is 3. The summed E-state index contributed by atoms with van der Waals surface area (Å²) in [4.78, 5) is 31.4. The number of benzene rings is 2. The van der Waals surface area contributed by atoms with E-state index in [9.17, 15) is 9.59 Å². The molecule has 0 aromatic heterocycles. The third kappa shape index (κ3) is 5.59. The number of piperidine rings is 1. The molecule has 2 saturated heterocycles. The molecule has 0 saturated carbocycles. The van der Waals surface area contributed by atoms with Crippen LogP contribution in [0.25, 0.3) is 0 Å². The minimum atomic E-state index is -0.101. The van der Waals surface area contributed by atoms with Crippen molar-refractivity contribution in [1.29, 1.82) is 0 Å². The Morgan fingerprint density at radius 2 is 1.62 bits per heavy atom. The van der Waals surface area contributed by atoms with E-state index in [4.69, 9.17) is 4.74 Å². The number of carbonyl (C=O) groups excluding carboxylic acids is 2. The van der Waals surface area contributed by atoms with Crippen LogP contribution < -0.4 is 10.2 Å². The highest BCUT2D eigenvalue weighted by atomic mass is 16.5. The Bertz CT molecular complexity index is 889. The van der Waals surface area contributed by atoms with E-state index in [-0.39, 0.29) is 17.9 Å². The molecule has 2 fully saturated rings. The summed E-state index contributed by atoms with van der Waals surface area (Å²) >= 11 is 0. The van der Waals surface area contributed by atoms with Crippen molar-refractivity contribution in [3.05, 3.63) is 60.2 Å². The summed E-state index contributed by atoms with van der Waals surface area (Å²) in [7, 11) is 1.87. The number of urea groups is 1. The number of anilines is 2. The molecule has 2 heterocycles. The lowest BCUT2D eigenvalue weighted by molar-refractivity contribution is -0.136. The van der Waals surface area contributed by atoms with Crippen molar-refractivity contribution in [2.75, 3.05) is 56.7 Å². The number of rotatable bonds is 5. The molecule has 7 nitrogen and oxygen atoms in total. The highest BCUT2D eigenvalue weighted by Gasteiger charge is 2.29. The number of amides is 3.